The van der Waals surface area contributed by atoms with Crippen molar-refractivity contribution >= 4 is 11.8 Å². The van der Waals surface area contributed by atoms with Crippen LogP contribution in [-0.2, 0) is 19.3 Å². The third-order valence-electron chi connectivity index (χ3n) is 3.75. The van der Waals surface area contributed by atoms with Crippen LogP contribution in [0.5, 0.6) is 0 Å². The highest BCUT2D eigenvalue weighted by Gasteiger charge is 2.14. The summed E-state index contributed by atoms with van der Waals surface area (Å²) in [4.78, 5) is 1.84. The monoisotopic (exact) mass is 287 g/mol. The number of hydrogen-bond donors (Lipinski definition) is 1. The molecule has 20 heavy (non-hydrogen) atoms. The molecular weight excluding hydrogens is 269 g/mol. The van der Waals surface area contributed by atoms with E-state index < -0.39 is 0 Å². The predicted molar refractivity (Wildman–Crippen MR) is 81.7 cm³/mol. The van der Waals surface area contributed by atoms with E-state index in [0.717, 1.165) is 21.8 Å². The van der Waals surface area contributed by atoms with Crippen LogP contribution in [0.15, 0.2) is 46.2 Å². The van der Waals surface area contributed by atoms with Crippen LogP contribution >= 0.6 is 11.8 Å². The first-order chi connectivity index (χ1) is 9.78. The molecule has 1 aliphatic rings. The van der Waals surface area contributed by atoms with Gasteiger partial charge in [-0.2, -0.15) is 0 Å². The van der Waals surface area contributed by atoms with Gasteiger partial charge in [-0.15, -0.1) is 0 Å². The van der Waals surface area contributed by atoms with Crippen molar-refractivity contribution in [3.05, 3.63) is 58.9 Å². The third kappa shape index (κ3) is 2.74. The Morgan fingerprint density at radius 1 is 1.10 bits per heavy atom. The van der Waals surface area contributed by atoms with Gasteiger partial charge in [-0.3, -0.25) is 0 Å². The van der Waals surface area contributed by atoms with E-state index in [2.05, 4.69) is 18.2 Å². The Morgan fingerprint density at radius 3 is 2.80 bits per heavy atom. The summed E-state index contributed by atoms with van der Waals surface area (Å²) in [5, 5.41) is 0. The fourth-order valence-corrected chi connectivity index (χ4v) is 3.79. The standard InChI is InChI=1S/C17H18FNS/c18-16-6-2-4-13(9-10-19)17(16)20-15-8-7-12-3-1-5-14(12)11-15/h2,4,6-8,11H,1,3,5,9-10,19H2. The van der Waals surface area contributed by atoms with Gasteiger partial charge in [0.25, 0.3) is 0 Å². The SMILES string of the molecule is NCCc1cccc(F)c1Sc1ccc2c(c1)CCC2. The summed E-state index contributed by atoms with van der Waals surface area (Å²) in [6.45, 7) is 0.543. The average Bonchev–Trinajstić information content (AvgIpc) is 2.90. The largest absolute Gasteiger partial charge is 0.330 e. The lowest BCUT2D eigenvalue weighted by Crippen LogP contribution is -2.04. The quantitative estimate of drug-likeness (QED) is 0.921. The highest BCUT2D eigenvalue weighted by atomic mass is 32.2. The van der Waals surface area contributed by atoms with Gasteiger partial charge in [0.05, 0.1) is 4.90 Å². The number of rotatable bonds is 4. The van der Waals surface area contributed by atoms with Crippen LogP contribution in [-0.4, -0.2) is 6.54 Å². The first-order valence-corrected chi connectivity index (χ1v) is 7.86. The van der Waals surface area contributed by atoms with Crippen molar-refractivity contribution < 1.29 is 4.39 Å². The smallest absolute Gasteiger partial charge is 0.137 e. The van der Waals surface area contributed by atoms with E-state index in [4.69, 9.17) is 5.73 Å². The summed E-state index contributed by atoms with van der Waals surface area (Å²) in [5.41, 5.74) is 9.49. The average molecular weight is 287 g/mol. The van der Waals surface area contributed by atoms with Crippen LogP contribution in [0.2, 0.25) is 0 Å². The molecule has 0 saturated carbocycles. The second-order valence-electron chi connectivity index (χ2n) is 5.15. The molecule has 2 aromatic carbocycles. The summed E-state index contributed by atoms with van der Waals surface area (Å²) in [7, 11) is 0. The molecule has 0 aromatic heterocycles. The van der Waals surface area contributed by atoms with Crippen molar-refractivity contribution in [3.8, 4) is 0 Å². The maximum Gasteiger partial charge on any atom is 0.137 e. The summed E-state index contributed by atoms with van der Waals surface area (Å²) < 4.78 is 14.1. The molecule has 2 aromatic rings. The number of halogens is 1. The minimum absolute atomic E-state index is 0.151. The van der Waals surface area contributed by atoms with Crippen molar-refractivity contribution in [2.75, 3.05) is 6.54 Å². The van der Waals surface area contributed by atoms with Crippen LogP contribution < -0.4 is 5.73 Å². The summed E-state index contributed by atoms with van der Waals surface area (Å²) in [5.74, 6) is -0.151. The molecule has 3 heteroatoms. The molecule has 0 atom stereocenters. The zero-order valence-corrected chi connectivity index (χ0v) is 12.2. The predicted octanol–water partition coefficient (Wildman–Crippen LogP) is 3.97. The van der Waals surface area contributed by atoms with Crippen LogP contribution in [0.1, 0.15) is 23.1 Å². The number of nitrogens with two attached hydrogens (primary N) is 1. The zero-order valence-electron chi connectivity index (χ0n) is 11.4. The Morgan fingerprint density at radius 2 is 1.95 bits per heavy atom. The molecule has 1 aliphatic carbocycles. The van der Waals surface area contributed by atoms with Crippen molar-refractivity contribution in [2.24, 2.45) is 5.73 Å². The second kappa shape index (κ2) is 5.98. The lowest BCUT2D eigenvalue weighted by molar-refractivity contribution is 0.597. The van der Waals surface area contributed by atoms with E-state index >= 15 is 0 Å². The number of fused-ring (bicyclic) bond motifs is 1. The van der Waals surface area contributed by atoms with E-state index in [1.165, 1.54) is 41.8 Å². The van der Waals surface area contributed by atoms with Crippen LogP contribution in [0.3, 0.4) is 0 Å². The maximum atomic E-state index is 14.1. The Kier molecular flexibility index (Phi) is 4.08. The Hall–Kier alpha value is -1.32. The molecule has 104 valence electrons. The van der Waals surface area contributed by atoms with Crippen LogP contribution in [0.25, 0.3) is 0 Å². The molecule has 0 saturated heterocycles. The Labute approximate surface area is 123 Å². The van der Waals surface area contributed by atoms with Gasteiger partial charge in [0.15, 0.2) is 0 Å². The molecule has 0 radical (unpaired) electrons. The first-order valence-electron chi connectivity index (χ1n) is 7.05. The van der Waals surface area contributed by atoms with Gasteiger partial charge < -0.3 is 5.73 Å². The zero-order chi connectivity index (χ0) is 13.9. The van der Waals surface area contributed by atoms with E-state index in [-0.39, 0.29) is 5.82 Å². The fourth-order valence-electron chi connectivity index (χ4n) is 2.75. The molecule has 0 aliphatic heterocycles. The number of benzene rings is 2. The number of hydrogen-bond acceptors (Lipinski definition) is 2. The lowest BCUT2D eigenvalue weighted by atomic mass is 10.1. The minimum Gasteiger partial charge on any atom is -0.330 e. The van der Waals surface area contributed by atoms with Gasteiger partial charge in [-0.05, 0) is 67.1 Å². The topological polar surface area (TPSA) is 26.0 Å². The normalized spacial score (nSPS) is 13.5. The van der Waals surface area contributed by atoms with Gasteiger partial charge in [0, 0.05) is 4.90 Å². The van der Waals surface area contributed by atoms with Crippen molar-refractivity contribution in [1.29, 1.82) is 0 Å². The summed E-state index contributed by atoms with van der Waals surface area (Å²) >= 11 is 1.52. The number of aryl methyl sites for hydroxylation is 2. The third-order valence-corrected chi connectivity index (χ3v) is 4.90. The Balaban J connectivity index is 1.91. The molecule has 0 spiro atoms. The summed E-state index contributed by atoms with van der Waals surface area (Å²) in [6.07, 6.45) is 4.28. The van der Waals surface area contributed by atoms with E-state index in [9.17, 15) is 4.39 Å². The molecule has 3 rings (SSSR count). The Bertz CT molecular complexity index is 624. The van der Waals surface area contributed by atoms with E-state index in [1.54, 1.807) is 6.07 Å². The van der Waals surface area contributed by atoms with Crippen molar-refractivity contribution in [3.63, 3.8) is 0 Å². The molecule has 0 heterocycles. The van der Waals surface area contributed by atoms with Crippen LogP contribution in [0.4, 0.5) is 4.39 Å². The first kappa shape index (κ1) is 13.7. The van der Waals surface area contributed by atoms with Gasteiger partial charge in [-0.25, -0.2) is 4.39 Å². The van der Waals surface area contributed by atoms with Gasteiger partial charge in [0.1, 0.15) is 5.82 Å². The van der Waals surface area contributed by atoms with Gasteiger partial charge in [-0.1, -0.05) is 30.0 Å². The highest BCUT2D eigenvalue weighted by Crippen LogP contribution is 2.35. The lowest BCUT2D eigenvalue weighted by Gasteiger charge is -2.10. The minimum atomic E-state index is -0.151. The van der Waals surface area contributed by atoms with Crippen LogP contribution in [0, 0.1) is 5.82 Å². The van der Waals surface area contributed by atoms with Crippen molar-refractivity contribution in [2.45, 2.75) is 35.5 Å². The van der Waals surface area contributed by atoms with E-state index in [0.29, 0.717) is 13.0 Å². The van der Waals surface area contributed by atoms with Gasteiger partial charge >= 0.3 is 0 Å². The molecular formula is C17H18FNS. The second-order valence-corrected chi connectivity index (χ2v) is 6.24. The summed E-state index contributed by atoms with van der Waals surface area (Å²) in [6, 6.07) is 11.8. The maximum absolute atomic E-state index is 14.1. The highest BCUT2D eigenvalue weighted by molar-refractivity contribution is 7.99. The molecule has 1 nitrogen and oxygen atoms in total. The van der Waals surface area contributed by atoms with Crippen molar-refractivity contribution in [1.82, 2.24) is 0 Å². The molecule has 2 N–H and O–H groups in total. The molecule has 0 unspecified atom stereocenters. The molecule has 0 fully saturated rings. The fraction of sp³-hybridized carbons (Fsp3) is 0.294. The van der Waals surface area contributed by atoms with E-state index in [1.807, 2.05) is 6.07 Å². The molecule has 0 bridgehead atoms. The van der Waals surface area contributed by atoms with Gasteiger partial charge in [0.2, 0.25) is 0 Å². The molecule has 0 amide bonds.